The van der Waals surface area contributed by atoms with Crippen LogP contribution >= 0.6 is 11.3 Å². The summed E-state index contributed by atoms with van der Waals surface area (Å²) in [5.74, 6) is 1.63. The Bertz CT molecular complexity index is 1740. The summed E-state index contributed by atoms with van der Waals surface area (Å²) in [4.78, 5) is 32.0. The van der Waals surface area contributed by atoms with Gasteiger partial charge in [-0.25, -0.2) is 9.79 Å². The Morgan fingerprint density at radius 1 is 0.951 bits per heavy atom. The third-order valence-electron chi connectivity index (χ3n) is 6.47. The first-order chi connectivity index (χ1) is 20.0. The SMILES string of the molecule is CCOC(=O)C1=C(C)N=c2s/c(=C\c3cccc(OCCOc4ccccc4)c3)c(=O)n2C1c1ccc(OC)cc1. The van der Waals surface area contributed by atoms with Gasteiger partial charge >= 0.3 is 5.97 Å². The van der Waals surface area contributed by atoms with E-state index in [0.717, 1.165) is 16.9 Å². The summed E-state index contributed by atoms with van der Waals surface area (Å²) in [6.45, 7) is 4.51. The van der Waals surface area contributed by atoms with Crippen LogP contribution in [0.2, 0.25) is 0 Å². The number of ether oxygens (including phenoxy) is 4. The molecular formula is C32H30N2O6S. The first kappa shape index (κ1) is 27.9. The molecule has 3 aromatic carbocycles. The zero-order valence-corrected chi connectivity index (χ0v) is 23.9. The zero-order valence-electron chi connectivity index (χ0n) is 23.0. The Labute approximate surface area is 241 Å². The van der Waals surface area contributed by atoms with E-state index in [4.69, 9.17) is 18.9 Å². The molecule has 8 nitrogen and oxygen atoms in total. The number of para-hydroxylation sites is 1. The summed E-state index contributed by atoms with van der Waals surface area (Å²) in [6, 6.07) is 23.7. The van der Waals surface area contributed by atoms with Crippen LogP contribution < -0.4 is 29.1 Å². The van der Waals surface area contributed by atoms with Crippen molar-refractivity contribution in [2.75, 3.05) is 26.9 Å². The van der Waals surface area contributed by atoms with Crippen molar-refractivity contribution in [3.05, 3.63) is 121 Å². The van der Waals surface area contributed by atoms with Gasteiger partial charge < -0.3 is 18.9 Å². The fourth-order valence-electron chi connectivity index (χ4n) is 4.57. The molecule has 1 atom stereocenters. The van der Waals surface area contributed by atoms with Crippen LogP contribution in [0.15, 0.2) is 99.9 Å². The molecular weight excluding hydrogens is 540 g/mol. The number of aromatic nitrogens is 1. The summed E-state index contributed by atoms with van der Waals surface area (Å²) >= 11 is 1.28. The Balaban J connectivity index is 1.45. The maximum atomic E-state index is 13.8. The Morgan fingerprint density at radius 3 is 2.37 bits per heavy atom. The van der Waals surface area contributed by atoms with E-state index in [1.807, 2.05) is 72.8 Å². The molecule has 0 N–H and O–H groups in total. The van der Waals surface area contributed by atoms with Gasteiger partial charge in [-0.15, -0.1) is 0 Å². The van der Waals surface area contributed by atoms with Gasteiger partial charge in [0.15, 0.2) is 4.80 Å². The van der Waals surface area contributed by atoms with Gasteiger partial charge in [-0.05, 0) is 67.4 Å². The average molecular weight is 571 g/mol. The van der Waals surface area contributed by atoms with Gasteiger partial charge in [-0.3, -0.25) is 9.36 Å². The Hall–Kier alpha value is -4.63. The zero-order chi connectivity index (χ0) is 28.8. The number of benzene rings is 3. The summed E-state index contributed by atoms with van der Waals surface area (Å²) in [7, 11) is 1.59. The van der Waals surface area contributed by atoms with Gasteiger partial charge in [-0.1, -0.05) is 53.8 Å². The number of nitrogens with zero attached hydrogens (tertiary/aromatic N) is 2. The highest BCUT2D eigenvalue weighted by atomic mass is 32.1. The highest BCUT2D eigenvalue weighted by Gasteiger charge is 2.33. The van der Waals surface area contributed by atoms with Crippen molar-refractivity contribution in [1.29, 1.82) is 0 Å². The standard InChI is InChI=1S/C32H30N2O6S/c1-4-38-31(36)28-21(2)33-32-34(29(28)23-13-15-24(37-3)16-14-23)30(35)27(41-32)20-22-9-8-12-26(19-22)40-18-17-39-25-10-6-5-7-11-25/h5-16,19-20,29H,4,17-18H2,1-3H3/b27-20-. The molecule has 4 aromatic rings. The van der Waals surface area contributed by atoms with Crippen LogP contribution in [-0.2, 0) is 9.53 Å². The molecule has 5 rings (SSSR count). The lowest BCUT2D eigenvalue weighted by atomic mass is 9.96. The van der Waals surface area contributed by atoms with Crippen LogP contribution in [0.25, 0.3) is 6.08 Å². The Kier molecular flexibility index (Phi) is 8.64. The average Bonchev–Trinajstić information content (AvgIpc) is 3.29. The van der Waals surface area contributed by atoms with Crippen LogP contribution in [-0.4, -0.2) is 37.5 Å². The first-order valence-corrected chi connectivity index (χ1v) is 14.0. The van der Waals surface area contributed by atoms with E-state index in [1.54, 1.807) is 37.7 Å². The maximum Gasteiger partial charge on any atom is 0.338 e. The third-order valence-corrected chi connectivity index (χ3v) is 7.45. The molecule has 1 aliphatic rings. The van der Waals surface area contributed by atoms with Crippen molar-refractivity contribution in [2.24, 2.45) is 4.99 Å². The smallest absolute Gasteiger partial charge is 0.338 e. The molecule has 1 aliphatic heterocycles. The molecule has 1 unspecified atom stereocenters. The largest absolute Gasteiger partial charge is 0.497 e. The van der Waals surface area contributed by atoms with Gasteiger partial charge in [0.25, 0.3) is 5.56 Å². The fourth-order valence-corrected chi connectivity index (χ4v) is 5.62. The fraction of sp³-hybridized carbons (Fsp3) is 0.219. The van der Waals surface area contributed by atoms with E-state index in [0.29, 0.717) is 45.3 Å². The third kappa shape index (κ3) is 6.25. The van der Waals surface area contributed by atoms with Crippen molar-refractivity contribution in [3.8, 4) is 17.2 Å². The van der Waals surface area contributed by atoms with Crippen LogP contribution in [0.5, 0.6) is 17.2 Å². The van der Waals surface area contributed by atoms with E-state index in [2.05, 4.69) is 4.99 Å². The number of allylic oxidation sites excluding steroid dienone is 1. The van der Waals surface area contributed by atoms with Crippen molar-refractivity contribution in [2.45, 2.75) is 19.9 Å². The summed E-state index contributed by atoms with van der Waals surface area (Å²) < 4.78 is 24.3. The molecule has 0 spiro atoms. The lowest BCUT2D eigenvalue weighted by Gasteiger charge is -2.24. The van der Waals surface area contributed by atoms with Crippen molar-refractivity contribution in [1.82, 2.24) is 4.57 Å². The highest BCUT2D eigenvalue weighted by molar-refractivity contribution is 7.07. The summed E-state index contributed by atoms with van der Waals surface area (Å²) in [6.07, 6.45) is 1.81. The van der Waals surface area contributed by atoms with E-state index in [9.17, 15) is 9.59 Å². The highest BCUT2D eigenvalue weighted by Crippen LogP contribution is 2.31. The lowest BCUT2D eigenvalue weighted by molar-refractivity contribution is -0.139. The number of thiazole rings is 1. The molecule has 0 saturated carbocycles. The molecule has 0 saturated heterocycles. The molecule has 0 radical (unpaired) electrons. The van der Waals surface area contributed by atoms with Crippen LogP contribution in [0.3, 0.4) is 0 Å². The molecule has 0 bridgehead atoms. The van der Waals surface area contributed by atoms with E-state index >= 15 is 0 Å². The molecule has 0 aliphatic carbocycles. The van der Waals surface area contributed by atoms with Crippen molar-refractivity contribution >= 4 is 23.4 Å². The number of methoxy groups -OCH3 is 1. The number of esters is 1. The number of hydrogen-bond acceptors (Lipinski definition) is 8. The molecule has 210 valence electrons. The van der Waals surface area contributed by atoms with Crippen LogP contribution in [0.4, 0.5) is 0 Å². The predicted octanol–water partition coefficient (Wildman–Crippen LogP) is 4.26. The first-order valence-electron chi connectivity index (χ1n) is 13.2. The quantitative estimate of drug-likeness (QED) is 0.209. The second-order valence-electron chi connectivity index (χ2n) is 9.16. The monoisotopic (exact) mass is 570 g/mol. The van der Waals surface area contributed by atoms with Crippen molar-refractivity contribution in [3.63, 3.8) is 0 Å². The number of fused-ring (bicyclic) bond motifs is 1. The molecule has 2 heterocycles. The Morgan fingerprint density at radius 2 is 1.66 bits per heavy atom. The minimum absolute atomic E-state index is 0.214. The minimum Gasteiger partial charge on any atom is -0.497 e. The maximum absolute atomic E-state index is 13.8. The molecule has 9 heteroatoms. The van der Waals surface area contributed by atoms with Gasteiger partial charge in [0.1, 0.15) is 30.5 Å². The summed E-state index contributed by atoms with van der Waals surface area (Å²) in [5, 5.41) is 0. The van der Waals surface area contributed by atoms with Crippen LogP contribution in [0, 0.1) is 0 Å². The second-order valence-corrected chi connectivity index (χ2v) is 10.2. The van der Waals surface area contributed by atoms with Gasteiger partial charge in [0, 0.05) is 0 Å². The van der Waals surface area contributed by atoms with E-state index in [1.165, 1.54) is 11.3 Å². The molecule has 0 fully saturated rings. The number of rotatable bonds is 10. The normalized spacial score (nSPS) is 14.7. The van der Waals surface area contributed by atoms with Gasteiger partial charge in [0.05, 0.1) is 35.6 Å². The second kappa shape index (κ2) is 12.7. The van der Waals surface area contributed by atoms with Crippen LogP contribution in [0.1, 0.15) is 31.0 Å². The predicted molar refractivity (Wildman–Crippen MR) is 157 cm³/mol. The van der Waals surface area contributed by atoms with Gasteiger partial charge in [-0.2, -0.15) is 0 Å². The van der Waals surface area contributed by atoms with E-state index < -0.39 is 12.0 Å². The summed E-state index contributed by atoms with van der Waals surface area (Å²) in [5.41, 5.74) is 2.17. The van der Waals surface area contributed by atoms with E-state index in [-0.39, 0.29) is 12.2 Å². The van der Waals surface area contributed by atoms with Crippen molar-refractivity contribution < 1.29 is 23.7 Å². The number of carbonyl (C=O) groups excluding carboxylic acids is 1. The topological polar surface area (TPSA) is 88.4 Å². The molecule has 0 amide bonds. The lowest BCUT2D eigenvalue weighted by Crippen LogP contribution is -2.39. The number of hydrogen-bond donors (Lipinski definition) is 0. The molecule has 41 heavy (non-hydrogen) atoms. The minimum atomic E-state index is -0.683. The van der Waals surface area contributed by atoms with Gasteiger partial charge in [0.2, 0.25) is 0 Å². The number of carbonyl (C=O) groups is 1. The molecule has 1 aromatic heterocycles.